The molecule has 3 rings (SSSR count). The lowest BCUT2D eigenvalue weighted by Crippen LogP contribution is -2.27. The zero-order valence-electron chi connectivity index (χ0n) is 8.40. The molecule has 2 aromatic heterocycles. The molecule has 84 valence electrons. The van der Waals surface area contributed by atoms with E-state index in [1.807, 2.05) is 0 Å². The van der Waals surface area contributed by atoms with E-state index in [-0.39, 0.29) is 13.0 Å². The van der Waals surface area contributed by atoms with E-state index in [1.54, 1.807) is 18.5 Å². The van der Waals surface area contributed by atoms with Crippen LogP contribution in [-0.4, -0.2) is 27.1 Å². The maximum Gasteiger partial charge on any atom is 0.260 e. The molecule has 1 unspecified atom stereocenters. The van der Waals surface area contributed by atoms with Crippen LogP contribution in [0.4, 0.5) is 8.78 Å². The van der Waals surface area contributed by atoms with Crippen LogP contribution in [0.15, 0.2) is 24.7 Å². The maximum absolute atomic E-state index is 13.3. The zero-order valence-corrected chi connectivity index (χ0v) is 8.40. The molecular formula is C10H10F2N4. The van der Waals surface area contributed by atoms with Crippen LogP contribution in [-0.2, 0) is 5.41 Å². The van der Waals surface area contributed by atoms with E-state index in [4.69, 9.17) is 5.73 Å². The maximum atomic E-state index is 13.3. The fourth-order valence-corrected chi connectivity index (χ4v) is 2.04. The molecule has 1 saturated carbocycles. The van der Waals surface area contributed by atoms with Gasteiger partial charge in [-0.1, -0.05) is 0 Å². The van der Waals surface area contributed by atoms with E-state index in [9.17, 15) is 8.78 Å². The first-order chi connectivity index (χ1) is 7.59. The molecule has 0 amide bonds. The summed E-state index contributed by atoms with van der Waals surface area (Å²) in [6.07, 6.45) is 4.41. The Bertz CT molecular complexity index is 550. The molecule has 0 spiro atoms. The van der Waals surface area contributed by atoms with E-state index >= 15 is 0 Å². The summed E-state index contributed by atoms with van der Waals surface area (Å²) in [5, 5.41) is 3.97. The fourth-order valence-electron chi connectivity index (χ4n) is 2.04. The molecule has 0 aliphatic heterocycles. The molecule has 16 heavy (non-hydrogen) atoms. The SMILES string of the molecule is NCC1(c2cnc3ccnn3c2)CC1(F)F. The number of hydrogen-bond donors (Lipinski definition) is 1. The van der Waals surface area contributed by atoms with Crippen LogP contribution < -0.4 is 5.73 Å². The Morgan fingerprint density at radius 1 is 1.50 bits per heavy atom. The van der Waals surface area contributed by atoms with Gasteiger partial charge in [-0.15, -0.1) is 0 Å². The lowest BCUT2D eigenvalue weighted by atomic mass is 9.99. The highest BCUT2D eigenvalue weighted by Gasteiger charge is 2.71. The Labute approximate surface area is 90.1 Å². The summed E-state index contributed by atoms with van der Waals surface area (Å²) in [5.74, 6) is -2.72. The molecule has 0 aromatic carbocycles. The van der Waals surface area contributed by atoms with Crippen molar-refractivity contribution < 1.29 is 8.78 Å². The Balaban J connectivity index is 2.12. The van der Waals surface area contributed by atoms with Gasteiger partial charge in [0.25, 0.3) is 5.92 Å². The van der Waals surface area contributed by atoms with E-state index in [1.165, 1.54) is 10.7 Å². The molecule has 1 aliphatic carbocycles. The average molecular weight is 224 g/mol. The minimum atomic E-state index is -2.72. The van der Waals surface area contributed by atoms with Crippen LogP contribution in [0.2, 0.25) is 0 Å². The number of hydrogen-bond acceptors (Lipinski definition) is 3. The van der Waals surface area contributed by atoms with Crippen molar-refractivity contribution in [1.82, 2.24) is 14.6 Å². The third kappa shape index (κ3) is 1.05. The largest absolute Gasteiger partial charge is 0.329 e. The van der Waals surface area contributed by atoms with Crippen LogP contribution in [0.1, 0.15) is 12.0 Å². The van der Waals surface area contributed by atoms with Gasteiger partial charge in [0, 0.05) is 37.0 Å². The number of fused-ring (bicyclic) bond motifs is 1. The average Bonchev–Trinajstić information content (AvgIpc) is 2.63. The highest BCUT2D eigenvalue weighted by molar-refractivity contribution is 5.41. The Kier molecular flexibility index (Phi) is 1.67. The van der Waals surface area contributed by atoms with Crippen molar-refractivity contribution in [3.05, 3.63) is 30.2 Å². The van der Waals surface area contributed by atoms with Gasteiger partial charge >= 0.3 is 0 Å². The minimum Gasteiger partial charge on any atom is -0.329 e. The number of rotatable bonds is 2. The number of aromatic nitrogens is 3. The third-order valence-corrected chi connectivity index (χ3v) is 3.25. The summed E-state index contributed by atoms with van der Waals surface area (Å²) in [5.41, 5.74) is 5.32. The minimum absolute atomic E-state index is 0.0749. The first-order valence-electron chi connectivity index (χ1n) is 4.97. The smallest absolute Gasteiger partial charge is 0.260 e. The van der Waals surface area contributed by atoms with Crippen LogP contribution in [0.25, 0.3) is 5.65 Å². The predicted molar refractivity (Wildman–Crippen MR) is 53.3 cm³/mol. The van der Waals surface area contributed by atoms with Crippen molar-refractivity contribution in [3.8, 4) is 0 Å². The lowest BCUT2D eigenvalue weighted by molar-refractivity contribution is 0.0894. The second-order valence-electron chi connectivity index (χ2n) is 4.14. The fraction of sp³-hybridized carbons (Fsp3) is 0.400. The number of nitrogens with two attached hydrogens (primary N) is 1. The monoisotopic (exact) mass is 224 g/mol. The van der Waals surface area contributed by atoms with Crippen molar-refractivity contribution in [3.63, 3.8) is 0 Å². The van der Waals surface area contributed by atoms with E-state index < -0.39 is 11.3 Å². The van der Waals surface area contributed by atoms with Gasteiger partial charge in [0.15, 0.2) is 5.65 Å². The Hall–Kier alpha value is -1.56. The van der Waals surface area contributed by atoms with E-state index in [0.29, 0.717) is 11.2 Å². The zero-order chi connectivity index (χ0) is 11.4. The van der Waals surface area contributed by atoms with Gasteiger partial charge in [0.1, 0.15) is 0 Å². The van der Waals surface area contributed by atoms with Crippen molar-refractivity contribution in [2.75, 3.05) is 6.54 Å². The second kappa shape index (κ2) is 2.76. The highest BCUT2D eigenvalue weighted by atomic mass is 19.3. The quantitative estimate of drug-likeness (QED) is 0.826. The summed E-state index contributed by atoms with van der Waals surface area (Å²) in [7, 11) is 0. The van der Waals surface area contributed by atoms with Gasteiger partial charge in [-0.25, -0.2) is 18.3 Å². The molecule has 2 N–H and O–H groups in total. The molecule has 1 aliphatic rings. The molecule has 0 bridgehead atoms. The Morgan fingerprint density at radius 2 is 2.25 bits per heavy atom. The Morgan fingerprint density at radius 3 is 2.88 bits per heavy atom. The normalized spacial score (nSPS) is 27.2. The van der Waals surface area contributed by atoms with Crippen LogP contribution in [0.3, 0.4) is 0 Å². The molecule has 4 nitrogen and oxygen atoms in total. The number of nitrogens with zero attached hydrogens (tertiary/aromatic N) is 3. The number of halogens is 2. The molecule has 0 saturated heterocycles. The molecular weight excluding hydrogens is 214 g/mol. The van der Waals surface area contributed by atoms with Gasteiger partial charge in [-0.05, 0) is 0 Å². The highest BCUT2D eigenvalue weighted by Crippen LogP contribution is 2.60. The van der Waals surface area contributed by atoms with Gasteiger partial charge in [-0.2, -0.15) is 5.10 Å². The van der Waals surface area contributed by atoms with Crippen molar-refractivity contribution in [1.29, 1.82) is 0 Å². The van der Waals surface area contributed by atoms with Gasteiger partial charge < -0.3 is 5.73 Å². The van der Waals surface area contributed by atoms with Crippen LogP contribution >= 0.6 is 0 Å². The summed E-state index contributed by atoms with van der Waals surface area (Å²) in [4.78, 5) is 4.07. The molecule has 6 heteroatoms. The first-order valence-corrected chi connectivity index (χ1v) is 4.97. The summed E-state index contributed by atoms with van der Waals surface area (Å²) in [6.45, 7) is -0.0749. The van der Waals surface area contributed by atoms with Crippen molar-refractivity contribution >= 4 is 5.65 Å². The predicted octanol–water partition coefficient (Wildman–Crippen LogP) is 0.965. The van der Waals surface area contributed by atoms with Gasteiger partial charge in [0.2, 0.25) is 0 Å². The lowest BCUT2D eigenvalue weighted by Gasteiger charge is -2.13. The van der Waals surface area contributed by atoms with Crippen LogP contribution in [0.5, 0.6) is 0 Å². The third-order valence-electron chi connectivity index (χ3n) is 3.25. The molecule has 0 radical (unpaired) electrons. The van der Waals surface area contributed by atoms with Crippen molar-refractivity contribution in [2.24, 2.45) is 5.73 Å². The summed E-state index contributed by atoms with van der Waals surface area (Å²) in [6, 6.07) is 1.71. The van der Waals surface area contributed by atoms with Crippen molar-refractivity contribution in [2.45, 2.75) is 17.8 Å². The van der Waals surface area contributed by atoms with E-state index in [0.717, 1.165) is 0 Å². The molecule has 2 aromatic rings. The summed E-state index contributed by atoms with van der Waals surface area (Å²) < 4.78 is 28.1. The summed E-state index contributed by atoms with van der Waals surface area (Å²) >= 11 is 0. The van der Waals surface area contributed by atoms with Gasteiger partial charge in [0.05, 0.1) is 11.6 Å². The topological polar surface area (TPSA) is 56.2 Å². The van der Waals surface area contributed by atoms with E-state index in [2.05, 4.69) is 10.1 Å². The first kappa shape index (κ1) is 9.65. The van der Waals surface area contributed by atoms with Gasteiger partial charge in [-0.3, -0.25) is 0 Å². The molecule has 2 heterocycles. The second-order valence-corrected chi connectivity index (χ2v) is 4.14. The molecule has 1 atom stereocenters. The standard InChI is InChI=1S/C10H10F2N4/c11-10(12)5-9(10,6-13)7-3-14-8-1-2-15-16(8)4-7/h1-4H,5-6,13H2. The number of alkyl halides is 2. The molecule has 1 fully saturated rings. The van der Waals surface area contributed by atoms with Crippen LogP contribution in [0, 0.1) is 0 Å².